The highest BCUT2D eigenvalue weighted by Gasteiger charge is 2.15. The summed E-state index contributed by atoms with van der Waals surface area (Å²) in [6.45, 7) is 3.52. The molecule has 0 amide bonds. The van der Waals surface area contributed by atoms with E-state index in [0.717, 1.165) is 5.69 Å². The monoisotopic (exact) mass is 198 g/mol. The zero-order chi connectivity index (χ0) is 10.9. The molecule has 1 aromatic heterocycles. The summed E-state index contributed by atoms with van der Waals surface area (Å²) in [5.74, 6) is -0.896. The Morgan fingerprint density at radius 1 is 1.64 bits per heavy atom. The lowest BCUT2D eigenvalue weighted by molar-refractivity contribution is -0.137. The van der Waals surface area contributed by atoms with Gasteiger partial charge in [0.25, 0.3) is 0 Å². The van der Waals surface area contributed by atoms with Crippen LogP contribution in [-0.4, -0.2) is 20.2 Å². The molecule has 0 saturated heterocycles. The third-order valence-corrected chi connectivity index (χ3v) is 2.18. The number of rotatable bonds is 3. The second-order valence-corrected chi connectivity index (χ2v) is 3.48. The number of carboxylic acids is 1. The summed E-state index contributed by atoms with van der Waals surface area (Å²) in [7, 11) is 1.65. The maximum Gasteiger partial charge on any atom is 0.328 e. The van der Waals surface area contributed by atoms with Crippen LogP contribution in [0.3, 0.4) is 0 Å². The van der Waals surface area contributed by atoms with E-state index >= 15 is 0 Å². The van der Waals surface area contributed by atoms with E-state index in [9.17, 15) is 9.59 Å². The number of aromatic nitrogens is 2. The van der Waals surface area contributed by atoms with Crippen LogP contribution < -0.4 is 5.69 Å². The lowest BCUT2D eigenvalue weighted by atomic mass is 10.2. The highest BCUT2D eigenvalue weighted by molar-refractivity contribution is 5.67. The largest absolute Gasteiger partial charge is 0.481 e. The SMILES string of the molecule is Cc1cn(C)c(=O)n1C(C)CC(=O)O. The van der Waals surface area contributed by atoms with Crippen LogP contribution in [-0.2, 0) is 11.8 Å². The third-order valence-electron chi connectivity index (χ3n) is 2.18. The minimum Gasteiger partial charge on any atom is -0.481 e. The van der Waals surface area contributed by atoms with E-state index in [-0.39, 0.29) is 18.2 Å². The fourth-order valence-corrected chi connectivity index (χ4v) is 1.60. The zero-order valence-electron chi connectivity index (χ0n) is 8.52. The highest BCUT2D eigenvalue weighted by atomic mass is 16.4. The van der Waals surface area contributed by atoms with Crippen molar-refractivity contribution in [1.29, 1.82) is 0 Å². The van der Waals surface area contributed by atoms with Crippen LogP contribution in [0.1, 0.15) is 25.1 Å². The molecule has 0 radical (unpaired) electrons. The summed E-state index contributed by atoms with van der Waals surface area (Å²) in [5.41, 5.74) is 0.613. The summed E-state index contributed by atoms with van der Waals surface area (Å²) >= 11 is 0. The number of nitrogens with zero attached hydrogens (tertiary/aromatic N) is 2. The van der Waals surface area contributed by atoms with Crippen LogP contribution in [0, 0.1) is 6.92 Å². The topological polar surface area (TPSA) is 64.2 Å². The molecule has 1 aromatic rings. The lowest BCUT2D eigenvalue weighted by Gasteiger charge is -2.11. The average Bonchev–Trinajstić information content (AvgIpc) is 2.25. The number of carbonyl (C=O) groups is 1. The maximum atomic E-state index is 11.5. The first-order valence-corrected chi connectivity index (χ1v) is 4.39. The van der Waals surface area contributed by atoms with Crippen molar-refractivity contribution in [3.63, 3.8) is 0 Å². The molecular weight excluding hydrogens is 184 g/mol. The highest BCUT2D eigenvalue weighted by Crippen LogP contribution is 2.10. The Bertz CT molecular complexity index is 403. The second kappa shape index (κ2) is 3.69. The third kappa shape index (κ3) is 1.86. The van der Waals surface area contributed by atoms with Gasteiger partial charge in [0.1, 0.15) is 0 Å². The van der Waals surface area contributed by atoms with Crippen LogP contribution >= 0.6 is 0 Å². The van der Waals surface area contributed by atoms with Crippen molar-refractivity contribution in [3.05, 3.63) is 22.4 Å². The van der Waals surface area contributed by atoms with Crippen molar-refractivity contribution in [2.24, 2.45) is 7.05 Å². The van der Waals surface area contributed by atoms with E-state index in [4.69, 9.17) is 5.11 Å². The van der Waals surface area contributed by atoms with Crippen LogP contribution in [0.4, 0.5) is 0 Å². The fourth-order valence-electron chi connectivity index (χ4n) is 1.60. The normalized spacial score (nSPS) is 12.8. The van der Waals surface area contributed by atoms with Crippen LogP contribution in [0.2, 0.25) is 0 Å². The van der Waals surface area contributed by atoms with Gasteiger partial charge in [0, 0.05) is 25.0 Å². The standard InChI is InChI=1S/C9H14N2O3/c1-6(4-8(12)13)11-7(2)5-10(3)9(11)14/h5-6H,4H2,1-3H3,(H,12,13). The molecule has 1 N–H and O–H groups in total. The average molecular weight is 198 g/mol. The molecule has 1 heterocycles. The van der Waals surface area contributed by atoms with Crippen molar-refractivity contribution >= 4 is 5.97 Å². The molecule has 0 aliphatic rings. The van der Waals surface area contributed by atoms with Crippen molar-refractivity contribution in [2.45, 2.75) is 26.3 Å². The van der Waals surface area contributed by atoms with Crippen LogP contribution in [0.5, 0.6) is 0 Å². The molecule has 5 nitrogen and oxygen atoms in total. The zero-order valence-corrected chi connectivity index (χ0v) is 8.52. The first-order valence-electron chi connectivity index (χ1n) is 4.39. The second-order valence-electron chi connectivity index (χ2n) is 3.48. The maximum absolute atomic E-state index is 11.5. The molecule has 0 aliphatic carbocycles. The Morgan fingerprint density at radius 2 is 2.21 bits per heavy atom. The molecule has 0 aliphatic heterocycles. The molecule has 0 bridgehead atoms. The van der Waals surface area contributed by atoms with E-state index in [1.807, 2.05) is 0 Å². The van der Waals surface area contributed by atoms with Gasteiger partial charge in [-0.15, -0.1) is 0 Å². The molecule has 0 saturated carbocycles. The Hall–Kier alpha value is -1.52. The van der Waals surface area contributed by atoms with Crippen LogP contribution in [0.15, 0.2) is 11.0 Å². The molecule has 1 unspecified atom stereocenters. The molecule has 0 aromatic carbocycles. The molecule has 5 heteroatoms. The Kier molecular flexibility index (Phi) is 2.78. The molecule has 1 atom stereocenters. The summed E-state index contributed by atoms with van der Waals surface area (Å²) in [6, 6.07) is -0.304. The van der Waals surface area contributed by atoms with E-state index in [2.05, 4.69) is 0 Å². The minimum absolute atomic E-state index is 0.0369. The summed E-state index contributed by atoms with van der Waals surface area (Å²) in [4.78, 5) is 22.0. The molecule has 1 rings (SSSR count). The number of imidazole rings is 1. The van der Waals surface area contributed by atoms with Crippen molar-refractivity contribution < 1.29 is 9.90 Å². The number of hydrogen-bond acceptors (Lipinski definition) is 2. The van der Waals surface area contributed by atoms with E-state index < -0.39 is 5.97 Å². The smallest absolute Gasteiger partial charge is 0.328 e. The van der Waals surface area contributed by atoms with Gasteiger partial charge in [-0.3, -0.25) is 9.36 Å². The minimum atomic E-state index is -0.896. The van der Waals surface area contributed by atoms with Crippen molar-refractivity contribution in [2.75, 3.05) is 0 Å². The Balaban J connectivity index is 3.06. The number of carboxylic acid groups (broad SMARTS) is 1. The van der Waals surface area contributed by atoms with Gasteiger partial charge < -0.3 is 9.67 Å². The van der Waals surface area contributed by atoms with Gasteiger partial charge in [0.15, 0.2) is 0 Å². The quantitative estimate of drug-likeness (QED) is 0.770. The van der Waals surface area contributed by atoms with Crippen molar-refractivity contribution in [1.82, 2.24) is 9.13 Å². The first-order chi connectivity index (χ1) is 6.43. The van der Waals surface area contributed by atoms with Gasteiger partial charge in [-0.25, -0.2) is 4.79 Å². The summed E-state index contributed by atoms with van der Waals surface area (Å²) in [6.07, 6.45) is 1.66. The van der Waals surface area contributed by atoms with Crippen molar-refractivity contribution in [3.8, 4) is 0 Å². The van der Waals surface area contributed by atoms with Gasteiger partial charge >= 0.3 is 11.7 Å². The Morgan fingerprint density at radius 3 is 2.57 bits per heavy atom. The van der Waals surface area contributed by atoms with Gasteiger partial charge in [-0.1, -0.05) is 0 Å². The van der Waals surface area contributed by atoms with Gasteiger partial charge in [0.2, 0.25) is 0 Å². The molecule has 14 heavy (non-hydrogen) atoms. The van der Waals surface area contributed by atoms with E-state index in [1.165, 1.54) is 9.13 Å². The predicted molar refractivity (Wildman–Crippen MR) is 51.4 cm³/mol. The molecule has 0 fully saturated rings. The molecule has 78 valence electrons. The van der Waals surface area contributed by atoms with E-state index in [1.54, 1.807) is 27.1 Å². The summed E-state index contributed by atoms with van der Waals surface area (Å²) in [5, 5.41) is 8.61. The molecular formula is C9H14N2O3. The number of aliphatic carboxylic acids is 1. The molecule has 0 spiro atoms. The van der Waals surface area contributed by atoms with E-state index in [0.29, 0.717) is 0 Å². The Labute approximate surface area is 81.6 Å². The first kappa shape index (κ1) is 10.6. The number of aryl methyl sites for hydroxylation is 2. The lowest BCUT2D eigenvalue weighted by Crippen LogP contribution is -2.26. The van der Waals surface area contributed by atoms with Crippen LogP contribution in [0.25, 0.3) is 0 Å². The predicted octanol–water partition coefficient (Wildman–Crippen LogP) is 0.531. The van der Waals surface area contributed by atoms with Gasteiger partial charge in [-0.2, -0.15) is 0 Å². The van der Waals surface area contributed by atoms with Gasteiger partial charge in [0.05, 0.1) is 6.42 Å². The van der Waals surface area contributed by atoms with Gasteiger partial charge in [-0.05, 0) is 13.8 Å². The number of hydrogen-bond donors (Lipinski definition) is 1. The summed E-state index contributed by atoms with van der Waals surface area (Å²) < 4.78 is 2.95. The fraction of sp³-hybridized carbons (Fsp3) is 0.556.